The maximum atomic E-state index is 10.3. The van der Waals surface area contributed by atoms with Gasteiger partial charge in [0.1, 0.15) is 12.1 Å². The summed E-state index contributed by atoms with van der Waals surface area (Å²) < 4.78 is 0. The SMILES string of the molecule is Cc1ncnc(N)c1CCC(=O)O. The number of hydrogen-bond donors (Lipinski definition) is 2. The van der Waals surface area contributed by atoms with E-state index in [-0.39, 0.29) is 6.42 Å². The smallest absolute Gasteiger partial charge is 0.303 e. The fourth-order valence-electron chi connectivity index (χ4n) is 1.06. The highest BCUT2D eigenvalue weighted by Gasteiger charge is 2.07. The maximum Gasteiger partial charge on any atom is 0.303 e. The molecule has 0 saturated heterocycles. The molecular formula is C8H11N3O2. The number of hydrogen-bond acceptors (Lipinski definition) is 4. The fourth-order valence-corrected chi connectivity index (χ4v) is 1.06. The Hall–Kier alpha value is -1.65. The molecule has 0 spiro atoms. The van der Waals surface area contributed by atoms with Gasteiger partial charge in [-0.2, -0.15) is 0 Å². The number of carbonyl (C=O) groups is 1. The van der Waals surface area contributed by atoms with Crippen molar-refractivity contribution in [3.8, 4) is 0 Å². The molecule has 0 aliphatic carbocycles. The first-order chi connectivity index (χ1) is 6.11. The number of nitrogens with zero attached hydrogens (tertiary/aromatic N) is 2. The molecule has 5 heteroatoms. The van der Waals surface area contributed by atoms with E-state index in [9.17, 15) is 4.79 Å². The van der Waals surface area contributed by atoms with Crippen molar-refractivity contribution in [2.75, 3.05) is 5.73 Å². The number of anilines is 1. The van der Waals surface area contributed by atoms with Crippen LogP contribution in [-0.2, 0) is 11.2 Å². The van der Waals surface area contributed by atoms with Gasteiger partial charge in [0.25, 0.3) is 0 Å². The van der Waals surface area contributed by atoms with Crippen LogP contribution in [0.5, 0.6) is 0 Å². The lowest BCUT2D eigenvalue weighted by atomic mass is 10.1. The van der Waals surface area contributed by atoms with Crippen LogP contribution in [0, 0.1) is 6.92 Å². The number of rotatable bonds is 3. The maximum absolute atomic E-state index is 10.3. The number of aryl methyl sites for hydroxylation is 1. The molecule has 0 aliphatic heterocycles. The van der Waals surface area contributed by atoms with E-state index in [4.69, 9.17) is 10.8 Å². The first-order valence-corrected chi connectivity index (χ1v) is 3.89. The topological polar surface area (TPSA) is 89.1 Å². The summed E-state index contributed by atoms with van der Waals surface area (Å²) in [6.45, 7) is 1.79. The van der Waals surface area contributed by atoms with Crippen molar-refractivity contribution in [2.24, 2.45) is 0 Å². The van der Waals surface area contributed by atoms with Crippen molar-refractivity contribution in [1.82, 2.24) is 9.97 Å². The summed E-state index contributed by atoms with van der Waals surface area (Å²) in [4.78, 5) is 18.0. The molecule has 70 valence electrons. The van der Waals surface area contributed by atoms with Gasteiger partial charge in [-0.1, -0.05) is 0 Å². The van der Waals surface area contributed by atoms with E-state index >= 15 is 0 Å². The molecule has 0 aromatic carbocycles. The molecule has 1 rings (SSSR count). The van der Waals surface area contributed by atoms with E-state index in [2.05, 4.69) is 9.97 Å². The molecule has 0 unspecified atom stereocenters. The van der Waals surface area contributed by atoms with Crippen LogP contribution in [0.15, 0.2) is 6.33 Å². The highest BCUT2D eigenvalue weighted by Crippen LogP contribution is 2.12. The Balaban J connectivity index is 2.81. The summed E-state index contributed by atoms with van der Waals surface area (Å²) in [6.07, 6.45) is 1.81. The van der Waals surface area contributed by atoms with Gasteiger partial charge in [0, 0.05) is 17.7 Å². The number of nitrogen functional groups attached to an aromatic ring is 1. The zero-order valence-corrected chi connectivity index (χ0v) is 7.32. The van der Waals surface area contributed by atoms with E-state index in [1.54, 1.807) is 6.92 Å². The van der Waals surface area contributed by atoms with Crippen molar-refractivity contribution in [3.63, 3.8) is 0 Å². The van der Waals surface area contributed by atoms with Crippen LogP contribution < -0.4 is 5.73 Å². The minimum Gasteiger partial charge on any atom is -0.481 e. The Kier molecular flexibility index (Phi) is 2.79. The van der Waals surface area contributed by atoms with Gasteiger partial charge >= 0.3 is 5.97 Å². The van der Waals surface area contributed by atoms with Crippen LogP contribution in [-0.4, -0.2) is 21.0 Å². The van der Waals surface area contributed by atoms with E-state index in [1.807, 2.05) is 0 Å². The molecule has 1 heterocycles. The summed E-state index contributed by atoms with van der Waals surface area (Å²) in [5.74, 6) is -0.476. The van der Waals surface area contributed by atoms with Crippen molar-refractivity contribution >= 4 is 11.8 Å². The molecule has 1 aromatic heterocycles. The summed E-state index contributed by atoms with van der Waals surface area (Å²) in [7, 11) is 0. The first kappa shape index (κ1) is 9.44. The van der Waals surface area contributed by atoms with Crippen LogP contribution in [0.1, 0.15) is 17.7 Å². The zero-order chi connectivity index (χ0) is 9.84. The summed E-state index contributed by atoms with van der Waals surface area (Å²) >= 11 is 0. The van der Waals surface area contributed by atoms with Gasteiger partial charge in [-0.15, -0.1) is 0 Å². The molecule has 5 nitrogen and oxygen atoms in total. The lowest BCUT2D eigenvalue weighted by molar-refractivity contribution is -0.136. The Morgan fingerprint density at radius 3 is 2.85 bits per heavy atom. The summed E-state index contributed by atoms with van der Waals surface area (Å²) in [6, 6.07) is 0. The molecule has 0 radical (unpaired) electrons. The first-order valence-electron chi connectivity index (χ1n) is 3.89. The van der Waals surface area contributed by atoms with Crippen LogP contribution >= 0.6 is 0 Å². The molecular weight excluding hydrogens is 170 g/mol. The normalized spacial score (nSPS) is 9.92. The number of carboxylic acid groups (broad SMARTS) is 1. The molecule has 13 heavy (non-hydrogen) atoms. The number of aromatic nitrogens is 2. The monoisotopic (exact) mass is 181 g/mol. The number of aliphatic carboxylic acids is 1. The number of carboxylic acids is 1. The van der Waals surface area contributed by atoms with Gasteiger partial charge in [-0.25, -0.2) is 9.97 Å². The molecule has 0 aliphatic rings. The van der Waals surface area contributed by atoms with E-state index < -0.39 is 5.97 Å². The largest absolute Gasteiger partial charge is 0.481 e. The average molecular weight is 181 g/mol. The van der Waals surface area contributed by atoms with E-state index in [1.165, 1.54) is 6.33 Å². The highest BCUT2D eigenvalue weighted by atomic mass is 16.4. The van der Waals surface area contributed by atoms with Crippen LogP contribution in [0.25, 0.3) is 0 Å². The number of nitrogens with two attached hydrogens (primary N) is 1. The van der Waals surface area contributed by atoms with Gasteiger partial charge < -0.3 is 10.8 Å². The predicted molar refractivity (Wildman–Crippen MR) is 47.1 cm³/mol. The Morgan fingerprint density at radius 1 is 1.62 bits per heavy atom. The summed E-state index contributed by atoms with van der Waals surface area (Å²) in [5.41, 5.74) is 7.03. The molecule has 0 bridgehead atoms. The highest BCUT2D eigenvalue weighted by molar-refractivity contribution is 5.67. The van der Waals surface area contributed by atoms with Gasteiger partial charge in [-0.3, -0.25) is 4.79 Å². The van der Waals surface area contributed by atoms with Gasteiger partial charge in [0.15, 0.2) is 0 Å². The van der Waals surface area contributed by atoms with Crippen molar-refractivity contribution in [2.45, 2.75) is 19.8 Å². The van der Waals surface area contributed by atoms with Crippen molar-refractivity contribution < 1.29 is 9.90 Å². The van der Waals surface area contributed by atoms with Gasteiger partial charge in [0.05, 0.1) is 0 Å². The van der Waals surface area contributed by atoms with Crippen molar-refractivity contribution in [1.29, 1.82) is 0 Å². The molecule has 0 amide bonds. The summed E-state index contributed by atoms with van der Waals surface area (Å²) in [5, 5.41) is 8.47. The second-order valence-electron chi connectivity index (χ2n) is 2.72. The Morgan fingerprint density at radius 2 is 2.31 bits per heavy atom. The second kappa shape index (κ2) is 3.84. The van der Waals surface area contributed by atoms with E-state index in [0.717, 1.165) is 11.3 Å². The third-order valence-corrected chi connectivity index (χ3v) is 1.78. The van der Waals surface area contributed by atoms with Gasteiger partial charge in [0.2, 0.25) is 0 Å². The fraction of sp³-hybridized carbons (Fsp3) is 0.375. The lowest BCUT2D eigenvalue weighted by Gasteiger charge is -2.04. The minimum absolute atomic E-state index is 0.0540. The Labute approximate surface area is 75.6 Å². The third-order valence-electron chi connectivity index (χ3n) is 1.78. The quantitative estimate of drug-likeness (QED) is 0.703. The van der Waals surface area contributed by atoms with Gasteiger partial charge in [-0.05, 0) is 13.3 Å². The standard InChI is InChI=1S/C8H11N3O2/c1-5-6(2-3-7(12)13)8(9)11-4-10-5/h4H,2-3H2,1H3,(H,12,13)(H2,9,10,11). The molecule has 0 fully saturated rings. The molecule has 0 saturated carbocycles. The van der Waals surface area contributed by atoms with Crippen LogP contribution in [0.2, 0.25) is 0 Å². The van der Waals surface area contributed by atoms with E-state index in [0.29, 0.717) is 12.2 Å². The molecule has 0 atom stereocenters. The second-order valence-corrected chi connectivity index (χ2v) is 2.72. The lowest BCUT2D eigenvalue weighted by Crippen LogP contribution is -2.05. The molecule has 1 aromatic rings. The Bertz CT molecular complexity index is 305. The molecule has 3 N–H and O–H groups in total. The average Bonchev–Trinajstić information content (AvgIpc) is 2.03. The van der Waals surface area contributed by atoms with Crippen molar-refractivity contribution in [3.05, 3.63) is 17.6 Å². The third kappa shape index (κ3) is 2.40. The zero-order valence-electron chi connectivity index (χ0n) is 7.32. The van der Waals surface area contributed by atoms with Crippen LogP contribution in [0.4, 0.5) is 5.82 Å². The predicted octanol–water partition coefficient (Wildman–Crippen LogP) is 0.384. The minimum atomic E-state index is -0.845. The van der Waals surface area contributed by atoms with Crippen LogP contribution in [0.3, 0.4) is 0 Å².